The molecule has 5 nitrogen and oxygen atoms in total. The average Bonchev–Trinajstić information content (AvgIpc) is 3.02. The summed E-state index contributed by atoms with van der Waals surface area (Å²) in [4.78, 5) is 18.1. The van der Waals surface area contributed by atoms with Crippen LogP contribution in [0.4, 0.5) is 5.82 Å². The molecule has 1 aliphatic rings. The van der Waals surface area contributed by atoms with Crippen molar-refractivity contribution in [1.29, 1.82) is 0 Å². The molecule has 2 heterocycles. The minimum atomic E-state index is -0.362. The summed E-state index contributed by atoms with van der Waals surface area (Å²) in [6.45, 7) is 3.05. The highest BCUT2D eigenvalue weighted by Crippen LogP contribution is 2.17. The van der Waals surface area contributed by atoms with E-state index in [1.54, 1.807) is 12.3 Å². The molecule has 1 N–H and O–H groups in total. The van der Waals surface area contributed by atoms with Crippen LogP contribution >= 0.6 is 0 Å². The van der Waals surface area contributed by atoms with Gasteiger partial charge in [0.15, 0.2) is 0 Å². The molecule has 5 heteroatoms. The van der Waals surface area contributed by atoms with Crippen LogP contribution in [0.2, 0.25) is 0 Å². The first kappa shape index (κ1) is 15.5. The Morgan fingerprint density at radius 1 is 1.30 bits per heavy atom. The first-order valence-electron chi connectivity index (χ1n) is 7.82. The van der Waals surface area contributed by atoms with Crippen molar-refractivity contribution in [2.75, 3.05) is 25.5 Å². The minimum absolute atomic E-state index is 0.362. The maximum absolute atomic E-state index is 11.4. The van der Waals surface area contributed by atoms with E-state index in [-0.39, 0.29) is 5.97 Å². The van der Waals surface area contributed by atoms with E-state index in [9.17, 15) is 4.79 Å². The number of nitrogens with one attached hydrogen (secondary N) is 1. The molecule has 1 atom stereocenters. The number of likely N-dealkylation sites (tertiary alicyclic amines) is 1. The number of methoxy groups -OCH3 is 1. The number of rotatable bonds is 5. The topological polar surface area (TPSA) is 54.5 Å². The molecule has 23 heavy (non-hydrogen) atoms. The Balaban J connectivity index is 1.52. The van der Waals surface area contributed by atoms with Crippen LogP contribution in [-0.2, 0) is 11.3 Å². The molecule has 1 saturated heterocycles. The van der Waals surface area contributed by atoms with Crippen LogP contribution in [0.25, 0.3) is 0 Å². The van der Waals surface area contributed by atoms with Crippen LogP contribution in [0.5, 0.6) is 0 Å². The van der Waals surface area contributed by atoms with Crippen LogP contribution < -0.4 is 5.32 Å². The van der Waals surface area contributed by atoms with Gasteiger partial charge in [-0.25, -0.2) is 9.78 Å². The molecule has 0 aliphatic carbocycles. The van der Waals surface area contributed by atoms with Gasteiger partial charge in [0, 0.05) is 31.9 Å². The fourth-order valence-electron chi connectivity index (χ4n) is 2.86. The molecule has 120 valence electrons. The highest BCUT2D eigenvalue weighted by molar-refractivity contribution is 5.89. The highest BCUT2D eigenvalue weighted by Gasteiger charge is 2.22. The summed E-state index contributed by atoms with van der Waals surface area (Å²) in [5, 5.41) is 3.44. The van der Waals surface area contributed by atoms with E-state index in [4.69, 9.17) is 0 Å². The Labute approximate surface area is 136 Å². The van der Waals surface area contributed by atoms with Crippen molar-refractivity contribution in [2.24, 2.45) is 0 Å². The van der Waals surface area contributed by atoms with Gasteiger partial charge in [0.2, 0.25) is 0 Å². The third-order valence-electron chi connectivity index (χ3n) is 4.06. The summed E-state index contributed by atoms with van der Waals surface area (Å²) in [6.07, 6.45) is 2.64. The number of esters is 1. The quantitative estimate of drug-likeness (QED) is 0.860. The zero-order valence-electron chi connectivity index (χ0n) is 13.2. The SMILES string of the molecule is COC(=O)c1ccc(N[C@H]2CCN(Cc3ccccc3)C2)nc1. The Kier molecular flexibility index (Phi) is 4.88. The molecule has 1 fully saturated rings. The van der Waals surface area contributed by atoms with Crippen molar-refractivity contribution in [3.05, 3.63) is 59.8 Å². The van der Waals surface area contributed by atoms with Gasteiger partial charge in [-0.2, -0.15) is 0 Å². The number of ether oxygens (including phenoxy) is 1. The number of aromatic nitrogens is 1. The average molecular weight is 311 g/mol. The van der Waals surface area contributed by atoms with Crippen molar-refractivity contribution >= 4 is 11.8 Å². The molecule has 0 amide bonds. The molecule has 0 unspecified atom stereocenters. The second-order valence-electron chi connectivity index (χ2n) is 5.77. The van der Waals surface area contributed by atoms with Gasteiger partial charge in [0.1, 0.15) is 5.82 Å². The predicted molar refractivity (Wildman–Crippen MR) is 89.3 cm³/mol. The van der Waals surface area contributed by atoms with E-state index in [0.717, 1.165) is 31.9 Å². The minimum Gasteiger partial charge on any atom is -0.465 e. The smallest absolute Gasteiger partial charge is 0.339 e. The summed E-state index contributed by atoms with van der Waals surface area (Å²) in [6, 6.07) is 14.5. The van der Waals surface area contributed by atoms with Gasteiger partial charge in [-0.1, -0.05) is 30.3 Å². The largest absolute Gasteiger partial charge is 0.465 e. The number of benzene rings is 1. The second kappa shape index (κ2) is 7.24. The normalized spacial score (nSPS) is 17.9. The van der Waals surface area contributed by atoms with Crippen LogP contribution in [0, 0.1) is 0 Å². The molecule has 3 rings (SSSR count). The van der Waals surface area contributed by atoms with Crippen LogP contribution in [0.1, 0.15) is 22.3 Å². The second-order valence-corrected chi connectivity index (χ2v) is 5.77. The van der Waals surface area contributed by atoms with E-state index in [0.29, 0.717) is 11.6 Å². The van der Waals surface area contributed by atoms with Gasteiger partial charge in [-0.05, 0) is 24.1 Å². The van der Waals surface area contributed by atoms with E-state index in [1.165, 1.54) is 12.7 Å². The standard InChI is InChI=1S/C18H21N3O2/c1-23-18(22)15-7-8-17(19-11-15)20-16-9-10-21(13-16)12-14-5-3-2-4-6-14/h2-8,11,16H,9-10,12-13H2,1H3,(H,19,20)/t16-/m0/s1. The number of anilines is 1. The van der Waals surface area contributed by atoms with E-state index < -0.39 is 0 Å². The summed E-state index contributed by atoms with van der Waals surface area (Å²) in [7, 11) is 1.37. The summed E-state index contributed by atoms with van der Waals surface area (Å²) in [5.74, 6) is 0.433. The predicted octanol–water partition coefficient (Wildman–Crippen LogP) is 2.55. The van der Waals surface area contributed by atoms with Crippen molar-refractivity contribution in [3.8, 4) is 0 Å². The third kappa shape index (κ3) is 4.07. The van der Waals surface area contributed by atoms with Gasteiger partial charge in [-0.3, -0.25) is 4.90 Å². The summed E-state index contributed by atoms with van der Waals surface area (Å²) < 4.78 is 4.67. The monoisotopic (exact) mass is 311 g/mol. The highest BCUT2D eigenvalue weighted by atomic mass is 16.5. The fourth-order valence-corrected chi connectivity index (χ4v) is 2.86. The van der Waals surface area contributed by atoms with Crippen molar-refractivity contribution in [2.45, 2.75) is 19.0 Å². The Bertz CT molecular complexity index is 643. The van der Waals surface area contributed by atoms with Gasteiger partial charge < -0.3 is 10.1 Å². The first-order valence-corrected chi connectivity index (χ1v) is 7.82. The van der Waals surface area contributed by atoms with E-state index in [2.05, 4.69) is 44.2 Å². The van der Waals surface area contributed by atoms with Crippen molar-refractivity contribution < 1.29 is 9.53 Å². The van der Waals surface area contributed by atoms with Gasteiger partial charge in [0.05, 0.1) is 12.7 Å². The summed E-state index contributed by atoms with van der Waals surface area (Å²) >= 11 is 0. The molecule has 1 aromatic carbocycles. The summed E-state index contributed by atoms with van der Waals surface area (Å²) in [5.41, 5.74) is 1.81. The maximum Gasteiger partial charge on any atom is 0.339 e. The molecular formula is C18H21N3O2. The molecule has 0 spiro atoms. The van der Waals surface area contributed by atoms with Crippen LogP contribution in [0.15, 0.2) is 48.7 Å². The fraction of sp³-hybridized carbons (Fsp3) is 0.333. The van der Waals surface area contributed by atoms with Crippen molar-refractivity contribution in [3.63, 3.8) is 0 Å². The molecular weight excluding hydrogens is 290 g/mol. The lowest BCUT2D eigenvalue weighted by Gasteiger charge is -2.17. The molecule has 1 aliphatic heterocycles. The van der Waals surface area contributed by atoms with Gasteiger partial charge in [0.25, 0.3) is 0 Å². The van der Waals surface area contributed by atoms with Gasteiger partial charge in [-0.15, -0.1) is 0 Å². The molecule has 0 radical (unpaired) electrons. The molecule has 2 aromatic rings. The Hall–Kier alpha value is -2.40. The lowest BCUT2D eigenvalue weighted by molar-refractivity contribution is 0.0600. The van der Waals surface area contributed by atoms with Crippen LogP contribution in [0.3, 0.4) is 0 Å². The lowest BCUT2D eigenvalue weighted by atomic mass is 10.2. The number of hydrogen-bond donors (Lipinski definition) is 1. The number of carbonyl (C=O) groups is 1. The van der Waals surface area contributed by atoms with E-state index in [1.807, 2.05) is 12.1 Å². The zero-order valence-corrected chi connectivity index (χ0v) is 13.2. The lowest BCUT2D eigenvalue weighted by Crippen LogP contribution is -2.26. The Morgan fingerprint density at radius 3 is 2.83 bits per heavy atom. The van der Waals surface area contributed by atoms with Gasteiger partial charge >= 0.3 is 5.97 Å². The third-order valence-corrected chi connectivity index (χ3v) is 4.06. The molecule has 1 aromatic heterocycles. The Morgan fingerprint density at radius 2 is 2.13 bits per heavy atom. The molecule has 0 bridgehead atoms. The number of nitrogens with zero attached hydrogens (tertiary/aromatic N) is 2. The number of hydrogen-bond acceptors (Lipinski definition) is 5. The molecule has 0 saturated carbocycles. The van der Waals surface area contributed by atoms with E-state index >= 15 is 0 Å². The van der Waals surface area contributed by atoms with Crippen molar-refractivity contribution in [1.82, 2.24) is 9.88 Å². The number of pyridine rings is 1. The number of carbonyl (C=O) groups excluding carboxylic acids is 1. The maximum atomic E-state index is 11.4. The zero-order chi connectivity index (χ0) is 16.1. The van der Waals surface area contributed by atoms with Crippen LogP contribution in [-0.4, -0.2) is 42.1 Å². The first-order chi connectivity index (χ1) is 11.2.